The van der Waals surface area contributed by atoms with Crippen molar-refractivity contribution in [1.82, 2.24) is 19.4 Å². The van der Waals surface area contributed by atoms with Gasteiger partial charge in [-0.2, -0.15) is 10.4 Å². The average Bonchev–Trinajstić information content (AvgIpc) is 3.22. The van der Waals surface area contributed by atoms with Gasteiger partial charge >= 0.3 is 0 Å². The van der Waals surface area contributed by atoms with Gasteiger partial charge in [-0.05, 0) is 37.3 Å². The number of nitrogens with one attached hydrogen (secondary N) is 1. The third-order valence-electron chi connectivity index (χ3n) is 4.65. The Bertz CT molecular complexity index is 1300. The zero-order valence-corrected chi connectivity index (χ0v) is 18.8. The van der Waals surface area contributed by atoms with Crippen LogP contribution in [0.2, 0.25) is 0 Å². The summed E-state index contributed by atoms with van der Waals surface area (Å²) >= 11 is 0. The minimum Gasteiger partial charge on any atom is -0.352 e. The molecule has 32 heavy (non-hydrogen) atoms. The first kappa shape index (κ1) is 22.9. The molecule has 3 aromatic rings. The van der Waals surface area contributed by atoms with E-state index in [1.165, 1.54) is 32.3 Å². The molecule has 164 valence electrons. The lowest BCUT2D eigenvalue weighted by molar-refractivity contribution is -0.116. The van der Waals surface area contributed by atoms with Gasteiger partial charge in [0.1, 0.15) is 17.3 Å². The number of benzene rings is 2. The molecule has 0 unspecified atom stereocenters. The molecule has 0 aliphatic carbocycles. The smallest absolute Gasteiger partial charge is 0.261 e. The standard InChI is InChI=1S/C23H23N5O3S/c1-4-25-23(29)18(15-24)13-19-16-28(20-10-6-5-7-11-20)26-22(19)17-9-8-12-21(14-17)32(30,31)27(2)3/h5-14,16H,4H2,1-3H3,(H,25,29)/b18-13-. The van der Waals surface area contributed by atoms with E-state index in [1.54, 1.807) is 29.9 Å². The van der Waals surface area contributed by atoms with Crippen molar-refractivity contribution in [1.29, 1.82) is 5.26 Å². The molecule has 0 saturated heterocycles. The Labute approximate surface area is 187 Å². The summed E-state index contributed by atoms with van der Waals surface area (Å²) in [5, 5.41) is 16.7. The summed E-state index contributed by atoms with van der Waals surface area (Å²) in [4.78, 5) is 12.4. The molecule has 1 amide bonds. The van der Waals surface area contributed by atoms with E-state index >= 15 is 0 Å². The van der Waals surface area contributed by atoms with E-state index < -0.39 is 15.9 Å². The first-order valence-corrected chi connectivity index (χ1v) is 11.3. The Morgan fingerprint density at radius 1 is 1.19 bits per heavy atom. The van der Waals surface area contributed by atoms with Gasteiger partial charge in [0.05, 0.1) is 10.6 Å². The van der Waals surface area contributed by atoms with Crippen LogP contribution in [-0.2, 0) is 14.8 Å². The lowest BCUT2D eigenvalue weighted by Gasteiger charge is -2.12. The molecular formula is C23H23N5O3S. The van der Waals surface area contributed by atoms with Crippen LogP contribution in [0.3, 0.4) is 0 Å². The predicted molar refractivity (Wildman–Crippen MR) is 122 cm³/mol. The molecular weight excluding hydrogens is 426 g/mol. The maximum Gasteiger partial charge on any atom is 0.261 e. The molecule has 8 nitrogen and oxygen atoms in total. The van der Waals surface area contributed by atoms with E-state index in [1.807, 2.05) is 36.4 Å². The predicted octanol–water partition coefficient (Wildman–Crippen LogP) is 2.83. The molecule has 0 fully saturated rings. The molecule has 0 aliphatic rings. The monoisotopic (exact) mass is 449 g/mol. The number of rotatable bonds is 7. The van der Waals surface area contributed by atoms with Crippen molar-refractivity contribution in [3.05, 3.63) is 71.9 Å². The summed E-state index contributed by atoms with van der Waals surface area (Å²) < 4.78 is 28.0. The molecule has 3 rings (SSSR count). The largest absolute Gasteiger partial charge is 0.352 e. The minimum absolute atomic E-state index is 0.0715. The van der Waals surface area contributed by atoms with Crippen LogP contribution < -0.4 is 5.32 Å². The average molecular weight is 450 g/mol. The number of nitrogens with zero attached hydrogens (tertiary/aromatic N) is 4. The summed E-state index contributed by atoms with van der Waals surface area (Å²) in [5.74, 6) is -0.489. The second kappa shape index (κ2) is 9.60. The number of para-hydroxylation sites is 1. The molecule has 0 atom stereocenters. The fourth-order valence-electron chi connectivity index (χ4n) is 3.00. The molecule has 0 radical (unpaired) electrons. The Morgan fingerprint density at radius 3 is 2.53 bits per heavy atom. The van der Waals surface area contributed by atoms with Crippen molar-refractivity contribution >= 4 is 22.0 Å². The summed E-state index contributed by atoms with van der Waals surface area (Å²) in [6, 6.07) is 17.7. The maximum absolute atomic E-state index is 12.6. The zero-order chi connectivity index (χ0) is 23.3. The highest BCUT2D eigenvalue weighted by Crippen LogP contribution is 2.28. The number of sulfonamides is 1. The molecule has 1 heterocycles. The van der Waals surface area contributed by atoms with Crippen LogP contribution in [0.25, 0.3) is 23.0 Å². The van der Waals surface area contributed by atoms with Crippen molar-refractivity contribution in [3.63, 3.8) is 0 Å². The van der Waals surface area contributed by atoms with Crippen LogP contribution in [0.15, 0.2) is 71.3 Å². The highest BCUT2D eigenvalue weighted by molar-refractivity contribution is 7.89. The molecule has 2 aromatic carbocycles. The van der Waals surface area contributed by atoms with Gasteiger partial charge < -0.3 is 5.32 Å². The number of carbonyl (C=O) groups is 1. The van der Waals surface area contributed by atoms with E-state index in [-0.39, 0.29) is 10.5 Å². The van der Waals surface area contributed by atoms with Gasteiger partial charge in [-0.15, -0.1) is 0 Å². The SMILES string of the molecule is CCNC(=O)/C(C#N)=C\c1cn(-c2ccccc2)nc1-c1cccc(S(=O)(=O)N(C)C)c1. The molecule has 1 N–H and O–H groups in total. The lowest BCUT2D eigenvalue weighted by Crippen LogP contribution is -2.23. The van der Waals surface area contributed by atoms with Crippen LogP contribution in [0.5, 0.6) is 0 Å². The van der Waals surface area contributed by atoms with Crippen LogP contribution in [0.4, 0.5) is 0 Å². The first-order chi connectivity index (χ1) is 15.3. The third kappa shape index (κ3) is 4.77. The van der Waals surface area contributed by atoms with Crippen molar-refractivity contribution in [2.24, 2.45) is 0 Å². The Kier molecular flexibility index (Phi) is 6.88. The number of nitriles is 1. The number of hydrogen-bond acceptors (Lipinski definition) is 5. The number of amides is 1. The summed E-state index contributed by atoms with van der Waals surface area (Å²) in [5.41, 5.74) is 2.21. The lowest BCUT2D eigenvalue weighted by atomic mass is 10.1. The summed E-state index contributed by atoms with van der Waals surface area (Å²) in [7, 11) is -0.719. The zero-order valence-electron chi connectivity index (χ0n) is 18.0. The molecule has 1 aromatic heterocycles. The minimum atomic E-state index is -3.65. The van der Waals surface area contributed by atoms with Crippen LogP contribution in [0.1, 0.15) is 12.5 Å². The van der Waals surface area contributed by atoms with Crippen LogP contribution in [-0.4, -0.2) is 49.1 Å². The fraction of sp³-hybridized carbons (Fsp3) is 0.174. The van der Waals surface area contributed by atoms with Crippen LogP contribution >= 0.6 is 0 Å². The van der Waals surface area contributed by atoms with Crippen molar-refractivity contribution in [2.75, 3.05) is 20.6 Å². The van der Waals surface area contributed by atoms with Crippen LogP contribution in [0, 0.1) is 11.3 Å². The molecule has 0 spiro atoms. The van der Waals surface area contributed by atoms with Gasteiger partial charge in [0.2, 0.25) is 10.0 Å². The first-order valence-electron chi connectivity index (χ1n) is 9.86. The maximum atomic E-state index is 12.6. The van der Waals surface area contributed by atoms with Crippen molar-refractivity contribution in [3.8, 4) is 23.0 Å². The summed E-state index contributed by atoms with van der Waals surface area (Å²) in [6.45, 7) is 2.15. The number of likely N-dealkylation sites (N-methyl/N-ethyl adjacent to an activating group) is 1. The van der Waals surface area contributed by atoms with Crippen molar-refractivity contribution < 1.29 is 13.2 Å². The quantitative estimate of drug-likeness (QED) is 0.441. The van der Waals surface area contributed by atoms with E-state index in [2.05, 4.69) is 10.4 Å². The third-order valence-corrected chi connectivity index (χ3v) is 6.46. The van der Waals surface area contributed by atoms with Gasteiger partial charge in [0.15, 0.2) is 0 Å². The Balaban J connectivity index is 2.20. The fourth-order valence-corrected chi connectivity index (χ4v) is 3.95. The van der Waals surface area contributed by atoms with E-state index in [4.69, 9.17) is 0 Å². The highest BCUT2D eigenvalue weighted by Gasteiger charge is 2.20. The second-order valence-corrected chi connectivity index (χ2v) is 9.21. The number of carbonyl (C=O) groups excluding carboxylic acids is 1. The number of hydrogen-bond donors (Lipinski definition) is 1. The Hall–Kier alpha value is -3.74. The molecule has 0 bridgehead atoms. The Morgan fingerprint density at radius 2 is 1.91 bits per heavy atom. The van der Waals surface area contributed by atoms with Gasteiger partial charge in [-0.1, -0.05) is 30.3 Å². The van der Waals surface area contributed by atoms with Gasteiger partial charge in [-0.3, -0.25) is 4.79 Å². The topological polar surface area (TPSA) is 108 Å². The van der Waals surface area contributed by atoms with Crippen molar-refractivity contribution in [2.45, 2.75) is 11.8 Å². The highest BCUT2D eigenvalue weighted by atomic mass is 32.2. The second-order valence-electron chi connectivity index (χ2n) is 7.06. The molecule has 9 heteroatoms. The van der Waals surface area contributed by atoms with E-state index in [0.29, 0.717) is 23.4 Å². The van der Waals surface area contributed by atoms with Gasteiger partial charge in [0.25, 0.3) is 5.91 Å². The summed E-state index contributed by atoms with van der Waals surface area (Å²) in [6.07, 6.45) is 3.16. The van der Waals surface area contributed by atoms with Gasteiger partial charge in [0, 0.05) is 38.0 Å². The normalized spacial score (nSPS) is 11.9. The van der Waals surface area contributed by atoms with E-state index in [9.17, 15) is 18.5 Å². The van der Waals surface area contributed by atoms with E-state index in [0.717, 1.165) is 9.99 Å². The molecule has 0 aliphatic heterocycles. The molecule has 0 saturated carbocycles. The van der Waals surface area contributed by atoms with Gasteiger partial charge in [-0.25, -0.2) is 17.4 Å². The number of aromatic nitrogens is 2.